The van der Waals surface area contributed by atoms with Gasteiger partial charge in [-0.1, -0.05) is 12.1 Å². The smallest absolute Gasteiger partial charge is 0.161 e. The number of aromatic nitrogens is 2. The fourth-order valence-electron chi connectivity index (χ4n) is 2.16. The van der Waals surface area contributed by atoms with Crippen molar-refractivity contribution < 1.29 is 4.79 Å². The number of Topliss-reactive ketones (excluding diaryl/α,β-unsaturated/α-hetero) is 1. The Bertz CT molecular complexity index is 774. The predicted molar refractivity (Wildman–Crippen MR) is 75.5 cm³/mol. The molecule has 19 heavy (non-hydrogen) atoms. The van der Waals surface area contributed by atoms with E-state index in [0.717, 1.165) is 16.7 Å². The zero-order valence-corrected chi connectivity index (χ0v) is 10.5. The number of carbonyl (C=O) groups excluding carboxylic acids is 1. The Balaban J connectivity index is 2.22. The van der Waals surface area contributed by atoms with Gasteiger partial charge in [0.05, 0.1) is 11.0 Å². The third kappa shape index (κ3) is 1.87. The molecule has 0 fully saturated rings. The van der Waals surface area contributed by atoms with Crippen molar-refractivity contribution in [1.82, 2.24) is 9.55 Å². The van der Waals surface area contributed by atoms with Crippen LogP contribution in [0.4, 0.5) is 5.69 Å². The van der Waals surface area contributed by atoms with Crippen LogP contribution in [-0.2, 0) is 0 Å². The van der Waals surface area contributed by atoms with Crippen LogP contribution in [0.15, 0.2) is 48.8 Å². The first kappa shape index (κ1) is 11.5. The molecule has 0 bridgehead atoms. The summed E-state index contributed by atoms with van der Waals surface area (Å²) in [5.41, 5.74) is 9.65. The number of anilines is 1. The largest absolute Gasteiger partial charge is 0.398 e. The minimum Gasteiger partial charge on any atom is -0.398 e. The van der Waals surface area contributed by atoms with E-state index in [1.165, 1.54) is 6.92 Å². The van der Waals surface area contributed by atoms with Crippen LogP contribution >= 0.6 is 0 Å². The molecule has 0 saturated heterocycles. The molecule has 0 spiro atoms. The monoisotopic (exact) mass is 251 g/mol. The Morgan fingerprint density at radius 3 is 2.79 bits per heavy atom. The van der Waals surface area contributed by atoms with Crippen LogP contribution in [0.1, 0.15) is 17.3 Å². The van der Waals surface area contributed by atoms with Crippen molar-refractivity contribution in [2.75, 3.05) is 5.73 Å². The molecule has 0 atom stereocenters. The lowest BCUT2D eigenvalue weighted by Crippen LogP contribution is -2.02. The number of nitrogen functional groups attached to an aromatic ring is 1. The molecule has 0 unspecified atom stereocenters. The van der Waals surface area contributed by atoms with E-state index < -0.39 is 0 Å². The van der Waals surface area contributed by atoms with E-state index in [1.807, 2.05) is 34.9 Å². The molecular weight excluding hydrogens is 238 g/mol. The van der Waals surface area contributed by atoms with Gasteiger partial charge in [0.25, 0.3) is 0 Å². The van der Waals surface area contributed by atoms with Gasteiger partial charge in [0.2, 0.25) is 0 Å². The average molecular weight is 251 g/mol. The average Bonchev–Trinajstić information content (AvgIpc) is 2.83. The summed E-state index contributed by atoms with van der Waals surface area (Å²) in [5.74, 6) is -0.0382. The Labute approximate surface area is 110 Å². The summed E-state index contributed by atoms with van der Waals surface area (Å²) in [4.78, 5) is 15.9. The molecule has 3 rings (SSSR count). The minimum atomic E-state index is -0.0382. The minimum absolute atomic E-state index is 0.0382. The number of benzene rings is 2. The lowest BCUT2D eigenvalue weighted by molar-refractivity contribution is 0.101. The van der Waals surface area contributed by atoms with Crippen LogP contribution in [0.25, 0.3) is 16.7 Å². The second-order valence-corrected chi connectivity index (χ2v) is 4.43. The molecule has 1 heterocycles. The number of carbonyl (C=O) groups is 1. The molecule has 2 N–H and O–H groups in total. The van der Waals surface area contributed by atoms with Gasteiger partial charge in [-0.05, 0) is 37.3 Å². The standard InChI is InChI=1S/C15H13N3O/c1-10(19)12-8-11(6-7-13(12)16)18-9-17-14-4-2-3-5-15(14)18/h2-9H,16H2,1H3. The van der Waals surface area contributed by atoms with E-state index in [-0.39, 0.29) is 5.78 Å². The molecule has 4 nitrogen and oxygen atoms in total. The number of para-hydroxylation sites is 2. The second kappa shape index (κ2) is 4.24. The van der Waals surface area contributed by atoms with Gasteiger partial charge in [-0.3, -0.25) is 9.36 Å². The first-order valence-corrected chi connectivity index (χ1v) is 6.00. The highest BCUT2D eigenvalue weighted by atomic mass is 16.1. The van der Waals surface area contributed by atoms with Crippen LogP contribution in [0.2, 0.25) is 0 Å². The summed E-state index contributed by atoms with van der Waals surface area (Å²) in [6.45, 7) is 1.52. The first-order chi connectivity index (χ1) is 9.16. The number of fused-ring (bicyclic) bond motifs is 1. The quantitative estimate of drug-likeness (QED) is 0.562. The zero-order chi connectivity index (χ0) is 13.4. The second-order valence-electron chi connectivity index (χ2n) is 4.43. The Kier molecular flexibility index (Phi) is 2.56. The molecule has 3 aromatic rings. The topological polar surface area (TPSA) is 60.9 Å². The van der Waals surface area contributed by atoms with Gasteiger partial charge in [-0.25, -0.2) is 4.98 Å². The van der Waals surface area contributed by atoms with Crippen molar-refractivity contribution in [3.05, 3.63) is 54.4 Å². The van der Waals surface area contributed by atoms with Crippen molar-refractivity contribution in [3.63, 3.8) is 0 Å². The van der Waals surface area contributed by atoms with Crippen LogP contribution < -0.4 is 5.73 Å². The van der Waals surface area contributed by atoms with Crippen molar-refractivity contribution in [1.29, 1.82) is 0 Å². The SMILES string of the molecule is CC(=O)c1cc(-n2cnc3ccccc32)ccc1N. The van der Waals surface area contributed by atoms with Crippen molar-refractivity contribution >= 4 is 22.5 Å². The summed E-state index contributed by atoms with van der Waals surface area (Å²) < 4.78 is 1.95. The molecule has 2 aromatic carbocycles. The van der Waals surface area contributed by atoms with Crippen LogP contribution in [0.5, 0.6) is 0 Å². The fourth-order valence-corrected chi connectivity index (χ4v) is 2.16. The molecule has 0 amide bonds. The predicted octanol–water partition coefficient (Wildman–Crippen LogP) is 2.81. The van der Waals surface area contributed by atoms with Gasteiger partial charge >= 0.3 is 0 Å². The summed E-state index contributed by atoms with van der Waals surface area (Å²) in [6, 6.07) is 13.3. The normalized spacial score (nSPS) is 10.8. The summed E-state index contributed by atoms with van der Waals surface area (Å²) in [7, 11) is 0. The first-order valence-electron chi connectivity index (χ1n) is 6.00. The Hall–Kier alpha value is -2.62. The Morgan fingerprint density at radius 1 is 1.21 bits per heavy atom. The van der Waals surface area contributed by atoms with E-state index >= 15 is 0 Å². The van der Waals surface area contributed by atoms with Gasteiger partial charge in [-0.15, -0.1) is 0 Å². The van der Waals surface area contributed by atoms with Crippen LogP contribution in [-0.4, -0.2) is 15.3 Å². The molecule has 0 aliphatic heterocycles. The highest BCUT2D eigenvalue weighted by Crippen LogP contribution is 2.21. The lowest BCUT2D eigenvalue weighted by Gasteiger charge is -2.08. The number of imidazole rings is 1. The summed E-state index contributed by atoms with van der Waals surface area (Å²) >= 11 is 0. The molecule has 4 heteroatoms. The van der Waals surface area contributed by atoms with Gasteiger partial charge < -0.3 is 5.73 Å². The van der Waals surface area contributed by atoms with E-state index in [4.69, 9.17) is 5.73 Å². The van der Waals surface area contributed by atoms with Crippen molar-refractivity contribution in [3.8, 4) is 5.69 Å². The maximum atomic E-state index is 11.5. The van der Waals surface area contributed by atoms with Crippen LogP contribution in [0.3, 0.4) is 0 Å². The molecule has 94 valence electrons. The van der Waals surface area contributed by atoms with E-state index in [9.17, 15) is 4.79 Å². The molecule has 0 aliphatic carbocycles. The maximum Gasteiger partial charge on any atom is 0.161 e. The third-order valence-electron chi connectivity index (χ3n) is 3.15. The van der Waals surface area contributed by atoms with Crippen molar-refractivity contribution in [2.45, 2.75) is 6.92 Å². The van der Waals surface area contributed by atoms with E-state index in [1.54, 1.807) is 18.5 Å². The maximum absolute atomic E-state index is 11.5. The number of hydrogen-bond donors (Lipinski definition) is 1. The molecule has 0 saturated carbocycles. The third-order valence-corrected chi connectivity index (χ3v) is 3.15. The van der Waals surface area contributed by atoms with Gasteiger partial charge in [0.15, 0.2) is 5.78 Å². The molecule has 0 aliphatic rings. The zero-order valence-electron chi connectivity index (χ0n) is 10.5. The molecule has 1 aromatic heterocycles. The van der Waals surface area contributed by atoms with Gasteiger partial charge in [-0.2, -0.15) is 0 Å². The molecular formula is C15H13N3O. The summed E-state index contributed by atoms with van der Waals surface area (Å²) in [5, 5.41) is 0. The number of hydrogen-bond acceptors (Lipinski definition) is 3. The number of nitrogens with zero attached hydrogens (tertiary/aromatic N) is 2. The molecule has 0 radical (unpaired) electrons. The highest BCUT2D eigenvalue weighted by Gasteiger charge is 2.09. The highest BCUT2D eigenvalue weighted by molar-refractivity contribution is 5.99. The summed E-state index contributed by atoms with van der Waals surface area (Å²) in [6.07, 6.45) is 1.75. The van der Waals surface area contributed by atoms with Gasteiger partial charge in [0, 0.05) is 16.9 Å². The Morgan fingerprint density at radius 2 is 2.00 bits per heavy atom. The number of rotatable bonds is 2. The lowest BCUT2D eigenvalue weighted by atomic mass is 10.1. The number of nitrogens with two attached hydrogens (primary N) is 1. The van der Waals surface area contributed by atoms with Crippen LogP contribution in [0, 0.1) is 0 Å². The van der Waals surface area contributed by atoms with E-state index in [0.29, 0.717) is 11.3 Å². The number of ketones is 1. The fraction of sp³-hybridized carbons (Fsp3) is 0.0667. The van der Waals surface area contributed by atoms with Gasteiger partial charge in [0.1, 0.15) is 6.33 Å². The van der Waals surface area contributed by atoms with E-state index in [2.05, 4.69) is 4.98 Å². The van der Waals surface area contributed by atoms with Crippen molar-refractivity contribution in [2.24, 2.45) is 0 Å².